The molecule has 0 aliphatic rings. The number of carbonyl (C=O) groups is 1. The molecule has 2 aromatic carbocycles. The molecule has 0 radical (unpaired) electrons. The van der Waals surface area contributed by atoms with Crippen molar-refractivity contribution in [2.75, 3.05) is 18.5 Å². The Morgan fingerprint density at radius 1 is 1.16 bits per heavy atom. The van der Waals surface area contributed by atoms with E-state index in [0.717, 1.165) is 22.4 Å². The molecule has 0 atom stereocenters. The van der Waals surface area contributed by atoms with Crippen LogP contribution in [0.15, 0.2) is 42.5 Å². The van der Waals surface area contributed by atoms with Gasteiger partial charge in [0.05, 0.1) is 6.61 Å². The van der Waals surface area contributed by atoms with Gasteiger partial charge in [-0.1, -0.05) is 50.2 Å². The van der Waals surface area contributed by atoms with Gasteiger partial charge in [-0.05, 0) is 30.0 Å². The number of hydrogen-bond acceptors (Lipinski definition) is 3. The zero-order chi connectivity index (χ0) is 18.2. The first-order valence-electron chi connectivity index (χ1n) is 8.49. The van der Waals surface area contributed by atoms with E-state index < -0.39 is 0 Å². The highest BCUT2D eigenvalue weighted by molar-refractivity contribution is 5.91. The third-order valence-corrected chi connectivity index (χ3v) is 3.93. The molecule has 2 aromatic rings. The predicted octanol–water partition coefficient (Wildman–Crippen LogP) is 3.81. The molecule has 0 spiro atoms. The van der Waals surface area contributed by atoms with Crippen molar-refractivity contribution in [3.05, 3.63) is 59.2 Å². The van der Waals surface area contributed by atoms with Crippen LogP contribution >= 0.6 is 0 Å². The van der Waals surface area contributed by atoms with E-state index in [1.807, 2.05) is 49.4 Å². The fraction of sp³-hybridized carbons (Fsp3) is 0.350. The smallest absolute Gasteiger partial charge is 0.319 e. The zero-order valence-corrected chi connectivity index (χ0v) is 15.0. The molecule has 5 nitrogen and oxygen atoms in total. The summed E-state index contributed by atoms with van der Waals surface area (Å²) < 4.78 is 5.48. The van der Waals surface area contributed by atoms with E-state index in [9.17, 15) is 4.79 Å². The van der Waals surface area contributed by atoms with Gasteiger partial charge in [0, 0.05) is 17.8 Å². The molecular formula is C20H26N2O3. The van der Waals surface area contributed by atoms with Gasteiger partial charge in [0.2, 0.25) is 0 Å². The molecule has 0 heterocycles. The first-order chi connectivity index (χ1) is 12.0. The minimum atomic E-state index is -0.256. The normalized spacial score (nSPS) is 10.6. The number of benzene rings is 2. The number of hydrogen-bond donors (Lipinski definition) is 3. The molecule has 0 aliphatic heterocycles. The van der Waals surface area contributed by atoms with E-state index in [0.29, 0.717) is 18.2 Å². The lowest BCUT2D eigenvalue weighted by Crippen LogP contribution is -2.29. The Kier molecular flexibility index (Phi) is 6.83. The predicted molar refractivity (Wildman–Crippen MR) is 100 cm³/mol. The van der Waals surface area contributed by atoms with Crippen LogP contribution < -0.4 is 15.4 Å². The van der Waals surface area contributed by atoms with Crippen molar-refractivity contribution >= 4 is 11.7 Å². The number of rotatable bonds is 7. The maximum absolute atomic E-state index is 12.3. The molecule has 5 heteroatoms. The van der Waals surface area contributed by atoms with Crippen LogP contribution in [0.4, 0.5) is 10.5 Å². The van der Waals surface area contributed by atoms with Gasteiger partial charge < -0.3 is 20.5 Å². The van der Waals surface area contributed by atoms with Crippen molar-refractivity contribution in [3.63, 3.8) is 0 Å². The number of aryl methyl sites for hydroxylation is 1. The van der Waals surface area contributed by atoms with Gasteiger partial charge in [-0.15, -0.1) is 0 Å². The summed E-state index contributed by atoms with van der Waals surface area (Å²) in [6.07, 6.45) is 0. The molecule has 0 aromatic heterocycles. The minimum Gasteiger partial charge on any atom is -0.491 e. The molecule has 0 fully saturated rings. The van der Waals surface area contributed by atoms with Crippen molar-refractivity contribution in [3.8, 4) is 5.75 Å². The summed E-state index contributed by atoms with van der Waals surface area (Å²) in [5, 5.41) is 14.7. The van der Waals surface area contributed by atoms with Crippen LogP contribution in [0.1, 0.15) is 36.5 Å². The summed E-state index contributed by atoms with van der Waals surface area (Å²) in [4.78, 5) is 12.3. The summed E-state index contributed by atoms with van der Waals surface area (Å²) >= 11 is 0. The van der Waals surface area contributed by atoms with E-state index in [1.54, 1.807) is 0 Å². The highest BCUT2D eigenvalue weighted by Crippen LogP contribution is 2.27. The van der Waals surface area contributed by atoms with Crippen molar-refractivity contribution in [1.29, 1.82) is 0 Å². The molecule has 0 unspecified atom stereocenters. The van der Waals surface area contributed by atoms with Crippen LogP contribution in [0.2, 0.25) is 0 Å². The van der Waals surface area contributed by atoms with E-state index in [-0.39, 0.29) is 19.2 Å². The number of aliphatic hydroxyl groups excluding tert-OH is 1. The Bertz CT molecular complexity index is 714. The Morgan fingerprint density at radius 3 is 2.64 bits per heavy atom. The third kappa shape index (κ3) is 5.22. The first kappa shape index (κ1) is 18.8. The van der Waals surface area contributed by atoms with Gasteiger partial charge in [-0.25, -0.2) is 4.79 Å². The molecule has 0 bridgehead atoms. The SMILES string of the molecule is Cc1cccc(C(C)C)c1NC(=O)NCc1ccccc1OCCO. The van der Waals surface area contributed by atoms with Gasteiger partial charge in [-0.3, -0.25) is 0 Å². The standard InChI is InChI=1S/C20H26N2O3/c1-14(2)17-9-6-7-15(3)19(17)22-20(24)21-13-16-8-4-5-10-18(16)25-12-11-23/h4-10,14,23H,11-13H2,1-3H3,(H2,21,22,24). The van der Waals surface area contributed by atoms with Gasteiger partial charge in [0.25, 0.3) is 0 Å². The van der Waals surface area contributed by atoms with Gasteiger partial charge in [0.1, 0.15) is 12.4 Å². The number of aliphatic hydroxyl groups is 1. The number of nitrogens with one attached hydrogen (secondary N) is 2. The van der Waals surface area contributed by atoms with Crippen LogP contribution in [0, 0.1) is 6.92 Å². The fourth-order valence-electron chi connectivity index (χ4n) is 2.62. The summed E-state index contributed by atoms with van der Waals surface area (Å²) in [6.45, 7) is 6.72. The number of para-hydroxylation sites is 2. The lowest BCUT2D eigenvalue weighted by molar-refractivity contribution is 0.200. The monoisotopic (exact) mass is 342 g/mol. The largest absolute Gasteiger partial charge is 0.491 e. The van der Waals surface area contributed by atoms with Crippen molar-refractivity contribution in [2.24, 2.45) is 0 Å². The molecule has 2 amide bonds. The number of carbonyl (C=O) groups excluding carboxylic acids is 1. The highest BCUT2D eigenvalue weighted by Gasteiger charge is 2.12. The quantitative estimate of drug-likeness (QED) is 0.716. The second kappa shape index (κ2) is 9.08. The Balaban J connectivity index is 2.03. The van der Waals surface area contributed by atoms with Crippen LogP contribution in [0.5, 0.6) is 5.75 Å². The molecule has 3 N–H and O–H groups in total. The Hall–Kier alpha value is -2.53. The van der Waals surface area contributed by atoms with Gasteiger partial charge in [0.15, 0.2) is 0 Å². The average Bonchev–Trinajstić information content (AvgIpc) is 2.60. The maximum atomic E-state index is 12.3. The summed E-state index contributed by atoms with van der Waals surface area (Å²) in [5.41, 5.74) is 3.87. The lowest BCUT2D eigenvalue weighted by atomic mass is 9.98. The van der Waals surface area contributed by atoms with Crippen molar-refractivity contribution < 1.29 is 14.6 Å². The molecule has 134 valence electrons. The molecule has 2 rings (SSSR count). The summed E-state index contributed by atoms with van der Waals surface area (Å²) in [6, 6.07) is 13.2. The van der Waals surface area contributed by atoms with Crippen LogP contribution in [0.25, 0.3) is 0 Å². The fourth-order valence-corrected chi connectivity index (χ4v) is 2.62. The van der Waals surface area contributed by atoms with E-state index in [4.69, 9.17) is 9.84 Å². The highest BCUT2D eigenvalue weighted by atomic mass is 16.5. The second-order valence-corrected chi connectivity index (χ2v) is 6.18. The summed E-state index contributed by atoms with van der Waals surface area (Å²) in [5.74, 6) is 0.985. The Labute approximate surface area is 149 Å². The molecular weight excluding hydrogens is 316 g/mol. The third-order valence-electron chi connectivity index (χ3n) is 3.93. The topological polar surface area (TPSA) is 70.6 Å². The Morgan fingerprint density at radius 2 is 1.92 bits per heavy atom. The first-order valence-corrected chi connectivity index (χ1v) is 8.49. The second-order valence-electron chi connectivity index (χ2n) is 6.18. The number of anilines is 1. The van der Waals surface area contributed by atoms with Crippen molar-refractivity contribution in [2.45, 2.75) is 33.2 Å². The molecule has 0 saturated heterocycles. The van der Waals surface area contributed by atoms with E-state index in [1.165, 1.54) is 0 Å². The van der Waals surface area contributed by atoms with Crippen LogP contribution in [0.3, 0.4) is 0 Å². The van der Waals surface area contributed by atoms with Gasteiger partial charge >= 0.3 is 6.03 Å². The molecule has 25 heavy (non-hydrogen) atoms. The molecule has 0 saturated carbocycles. The number of urea groups is 1. The number of ether oxygens (including phenoxy) is 1. The van der Waals surface area contributed by atoms with Gasteiger partial charge in [-0.2, -0.15) is 0 Å². The lowest BCUT2D eigenvalue weighted by Gasteiger charge is -2.17. The zero-order valence-electron chi connectivity index (χ0n) is 15.0. The average molecular weight is 342 g/mol. The van der Waals surface area contributed by atoms with Crippen molar-refractivity contribution in [1.82, 2.24) is 5.32 Å². The van der Waals surface area contributed by atoms with Crippen LogP contribution in [-0.2, 0) is 6.54 Å². The molecule has 0 aliphatic carbocycles. The van der Waals surface area contributed by atoms with E-state index >= 15 is 0 Å². The maximum Gasteiger partial charge on any atom is 0.319 e. The van der Waals surface area contributed by atoms with Crippen LogP contribution in [-0.4, -0.2) is 24.4 Å². The van der Waals surface area contributed by atoms with E-state index in [2.05, 4.69) is 24.5 Å². The number of amides is 2. The summed E-state index contributed by atoms with van der Waals surface area (Å²) in [7, 11) is 0. The minimum absolute atomic E-state index is 0.0481.